The van der Waals surface area contributed by atoms with Gasteiger partial charge in [0.05, 0.1) is 6.61 Å². The molecule has 1 heterocycles. The summed E-state index contributed by atoms with van der Waals surface area (Å²) < 4.78 is 17.8. The Morgan fingerprint density at radius 3 is 2.54 bits per heavy atom. The number of ether oxygens (including phenoxy) is 1. The van der Waals surface area contributed by atoms with Gasteiger partial charge in [-0.25, -0.2) is 9.37 Å². The maximum Gasteiger partial charge on any atom is 0.221 e. The highest BCUT2D eigenvalue weighted by Crippen LogP contribution is 2.46. The van der Waals surface area contributed by atoms with Crippen LogP contribution in [-0.2, 0) is 11.2 Å². The number of carbonyl (C=O) groups excluding carboxylic acids is 1. The van der Waals surface area contributed by atoms with E-state index in [0.717, 1.165) is 24.0 Å². The Labute approximate surface area is 153 Å². The minimum Gasteiger partial charge on any atom is -0.478 e. The number of amides is 1. The van der Waals surface area contributed by atoms with Gasteiger partial charge >= 0.3 is 0 Å². The number of hydrogen-bond donors (Lipinski definition) is 2. The van der Waals surface area contributed by atoms with Crippen LogP contribution in [0.1, 0.15) is 36.8 Å². The van der Waals surface area contributed by atoms with Crippen molar-refractivity contribution in [2.45, 2.75) is 32.1 Å². The summed E-state index contributed by atoms with van der Waals surface area (Å²) in [5, 5.41) is 8.67. The molecule has 1 amide bonds. The van der Waals surface area contributed by atoms with E-state index in [1.54, 1.807) is 18.3 Å². The normalized spacial score (nSPS) is 17.8. The lowest BCUT2D eigenvalue weighted by Crippen LogP contribution is -2.13. The molecule has 2 aromatic rings. The van der Waals surface area contributed by atoms with Gasteiger partial charge in [-0.2, -0.15) is 0 Å². The van der Waals surface area contributed by atoms with Crippen LogP contribution in [0, 0.1) is 11.7 Å². The van der Waals surface area contributed by atoms with Crippen molar-refractivity contribution in [2.24, 2.45) is 11.7 Å². The Morgan fingerprint density at radius 1 is 1.31 bits per heavy atom. The number of primary amides is 1. The molecule has 1 aromatic carbocycles. The van der Waals surface area contributed by atoms with Gasteiger partial charge in [-0.1, -0.05) is 25.1 Å². The quantitative estimate of drug-likeness (QED) is 0.795. The van der Waals surface area contributed by atoms with Gasteiger partial charge in [-0.15, -0.1) is 0 Å². The first-order chi connectivity index (χ1) is 12.5. The zero-order chi connectivity index (χ0) is 18.9. The second-order valence-corrected chi connectivity index (χ2v) is 6.23. The Kier molecular flexibility index (Phi) is 7.53. The maximum absolute atomic E-state index is 12.5. The van der Waals surface area contributed by atoms with Crippen molar-refractivity contribution >= 4 is 5.91 Å². The van der Waals surface area contributed by atoms with Crippen LogP contribution in [0.5, 0.6) is 5.88 Å². The van der Waals surface area contributed by atoms with Gasteiger partial charge in [0.2, 0.25) is 11.8 Å². The first kappa shape index (κ1) is 19.8. The molecule has 0 saturated heterocycles. The third-order valence-electron chi connectivity index (χ3n) is 4.11. The van der Waals surface area contributed by atoms with Gasteiger partial charge in [-0.05, 0) is 48.4 Å². The number of hydrogen-bond acceptors (Lipinski definition) is 4. The van der Waals surface area contributed by atoms with Gasteiger partial charge in [0.25, 0.3) is 0 Å². The summed E-state index contributed by atoms with van der Waals surface area (Å²) in [6.45, 7) is 2.92. The van der Waals surface area contributed by atoms with E-state index in [-0.39, 0.29) is 30.2 Å². The summed E-state index contributed by atoms with van der Waals surface area (Å²) in [5.41, 5.74) is 7.18. The topological polar surface area (TPSA) is 85.4 Å². The molecule has 5 nitrogen and oxygen atoms in total. The van der Waals surface area contributed by atoms with E-state index in [0.29, 0.717) is 18.9 Å². The molecule has 1 aliphatic carbocycles. The second kappa shape index (κ2) is 9.87. The number of aliphatic hydroxyl groups is 1. The van der Waals surface area contributed by atoms with Crippen molar-refractivity contribution in [3.8, 4) is 5.88 Å². The molecular formula is C20H25FN2O3. The van der Waals surface area contributed by atoms with Crippen LogP contribution in [0.25, 0.3) is 0 Å². The molecule has 1 fully saturated rings. The minimum absolute atomic E-state index is 0.0366. The van der Waals surface area contributed by atoms with Gasteiger partial charge in [-0.3, -0.25) is 4.79 Å². The Bertz CT molecular complexity index is 689. The average Bonchev–Trinajstić information content (AvgIpc) is 3.44. The van der Waals surface area contributed by atoms with Crippen LogP contribution in [-0.4, -0.2) is 29.2 Å². The number of halogens is 1. The predicted octanol–water partition coefficient (Wildman–Crippen LogP) is 2.82. The molecule has 1 aliphatic rings. The molecule has 0 aliphatic heterocycles. The molecule has 1 saturated carbocycles. The highest BCUT2D eigenvalue weighted by Gasteiger charge is 2.42. The fourth-order valence-electron chi connectivity index (χ4n) is 2.57. The molecule has 2 atom stereocenters. The highest BCUT2D eigenvalue weighted by atomic mass is 19.1. The molecule has 1 aromatic heterocycles. The number of aromatic nitrogens is 1. The lowest BCUT2D eigenvalue weighted by molar-refractivity contribution is -0.119. The minimum atomic E-state index is -0.255. The number of pyridine rings is 1. The molecule has 6 heteroatoms. The Balaban J connectivity index is 0.000000187. The van der Waals surface area contributed by atoms with Gasteiger partial charge in [0.15, 0.2) is 0 Å². The summed E-state index contributed by atoms with van der Waals surface area (Å²) in [6.07, 6.45) is 4.18. The lowest BCUT2D eigenvalue weighted by Gasteiger charge is -2.03. The van der Waals surface area contributed by atoms with Crippen molar-refractivity contribution in [1.29, 1.82) is 0 Å². The number of rotatable bonds is 7. The van der Waals surface area contributed by atoms with Crippen molar-refractivity contribution in [3.05, 3.63) is 59.5 Å². The number of benzene rings is 1. The first-order valence-electron chi connectivity index (χ1n) is 8.78. The average molecular weight is 360 g/mol. The van der Waals surface area contributed by atoms with Crippen LogP contribution in [0.2, 0.25) is 0 Å². The SMILES string of the molecule is CCCOc1ccc(CCO)cn1.NC(=O)C1C[C@@H]1c1ccc(F)cc1. The van der Waals surface area contributed by atoms with Crippen LogP contribution >= 0.6 is 0 Å². The van der Waals surface area contributed by atoms with E-state index in [1.165, 1.54) is 12.1 Å². The molecule has 0 bridgehead atoms. The molecule has 3 rings (SSSR count). The van der Waals surface area contributed by atoms with E-state index in [2.05, 4.69) is 11.9 Å². The van der Waals surface area contributed by atoms with E-state index >= 15 is 0 Å². The van der Waals surface area contributed by atoms with Gasteiger partial charge in [0.1, 0.15) is 5.82 Å². The number of carbonyl (C=O) groups is 1. The summed E-state index contributed by atoms with van der Waals surface area (Å²) in [5.74, 6) is 0.335. The number of nitrogens with two attached hydrogens (primary N) is 1. The Morgan fingerprint density at radius 2 is 2.04 bits per heavy atom. The highest BCUT2D eigenvalue weighted by molar-refractivity contribution is 5.81. The van der Waals surface area contributed by atoms with Crippen LogP contribution in [0.15, 0.2) is 42.6 Å². The zero-order valence-corrected chi connectivity index (χ0v) is 14.9. The molecule has 3 N–H and O–H groups in total. The summed E-state index contributed by atoms with van der Waals surface area (Å²) in [6, 6.07) is 10.00. The monoisotopic (exact) mass is 360 g/mol. The lowest BCUT2D eigenvalue weighted by atomic mass is 10.1. The van der Waals surface area contributed by atoms with E-state index in [9.17, 15) is 9.18 Å². The standard InChI is InChI=1S/C10H10FNO.C10H15NO2/c11-7-3-1-6(2-4-7)8-5-9(8)10(12)13;1-2-7-13-10-4-3-9(5-6-12)8-11-10/h1-4,8-9H,5H2,(H2,12,13);3-4,8,12H,2,5-7H2,1H3/t8-,9?;/m1./s1. The fourth-order valence-corrected chi connectivity index (χ4v) is 2.57. The van der Waals surface area contributed by atoms with E-state index < -0.39 is 0 Å². The van der Waals surface area contributed by atoms with Crippen LogP contribution in [0.3, 0.4) is 0 Å². The van der Waals surface area contributed by atoms with E-state index in [4.69, 9.17) is 15.6 Å². The first-order valence-corrected chi connectivity index (χ1v) is 8.78. The van der Waals surface area contributed by atoms with Gasteiger partial charge in [0, 0.05) is 24.8 Å². The summed E-state index contributed by atoms with van der Waals surface area (Å²) >= 11 is 0. The fraction of sp³-hybridized carbons (Fsp3) is 0.400. The molecule has 140 valence electrons. The summed E-state index contributed by atoms with van der Waals surface area (Å²) in [7, 11) is 0. The third-order valence-corrected chi connectivity index (χ3v) is 4.11. The number of nitrogens with zero attached hydrogens (tertiary/aromatic N) is 1. The van der Waals surface area contributed by atoms with Crippen LogP contribution in [0.4, 0.5) is 4.39 Å². The van der Waals surface area contributed by atoms with Crippen molar-refractivity contribution < 1.29 is 19.0 Å². The van der Waals surface area contributed by atoms with Crippen molar-refractivity contribution in [3.63, 3.8) is 0 Å². The largest absolute Gasteiger partial charge is 0.478 e. The molecule has 0 spiro atoms. The van der Waals surface area contributed by atoms with E-state index in [1.807, 2.05) is 12.1 Å². The van der Waals surface area contributed by atoms with Crippen LogP contribution < -0.4 is 10.5 Å². The maximum atomic E-state index is 12.5. The second-order valence-electron chi connectivity index (χ2n) is 6.23. The number of aliphatic hydroxyl groups excluding tert-OH is 1. The smallest absolute Gasteiger partial charge is 0.221 e. The molecule has 1 unspecified atom stereocenters. The molecule has 0 radical (unpaired) electrons. The van der Waals surface area contributed by atoms with Gasteiger partial charge < -0.3 is 15.6 Å². The Hall–Kier alpha value is -2.47. The zero-order valence-electron chi connectivity index (χ0n) is 14.9. The molecule has 26 heavy (non-hydrogen) atoms. The third kappa shape index (κ3) is 6.11. The predicted molar refractivity (Wildman–Crippen MR) is 97.3 cm³/mol. The summed E-state index contributed by atoms with van der Waals surface area (Å²) in [4.78, 5) is 14.9. The van der Waals surface area contributed by atoms with Crippen molar-refractivity contribution in [2.75, 3.05) is 13.2 Å². The molecular weight excluding hydrogens is 335 g/mol. The van der Waals surface area contributed by atoms with Crippen molar-refractivity contribution in [1.82, 2.24) is 4.98 Å².